The molecule has 186 valence electrons. The number of hydrazone groups is 1. The first kappa shape index (κ1) is 24.6. The molecule has 0 radical (unpaired) electrons. The van der Waals surface area contributed by atoms with E-state index in [0.29, 0.717) is 16.3 Å². The number of aryl methyl sites for hydroxylation is 1. The van der Waals surface area contributed by atoms with Gasteiger partial charge in [0.25, 0.3) is 11.2 Å². The summed E-state index contributed by atoms with van der Waals surface area (Å²) < 4.78 is 8.10. The van der Waals surface area contributed by atoms with Crippen molar-refractivity contribution >= 4 is 40.6 Å². The average molecular weight is 514 g/mol. The number of nitro groups is 1. The third-order valence-corrected chi connectivity index (χ3v) is 5.37. The van der Waals surface area contributed by atoms with E-state index in [1.54, 1.807) is 30.3 Å². The van der Waals surface area contributed by atoms with Crippen LogP contribution in [0.5, 0.6) is 5.75 Å². The van der Waals surface area contributed by atoms with Crippen LogP contribution >= 0.6 is 11.6 Å². The zero-order chi connectivity index (χ0) is 25.8. The predicted octanol–water partition coefficient (Wildman–Crippen LogP) is 1.87. The molecule has 4 rings (SSSR count). The maximum absolute atomic E-state index is 12.6. The first-order chi connectivity index (χ1) is 17.2. The van der Waals surface area contributed by atoms with Crippen LogP contribution in [0.15, 0.2) is 63.2 Å². The fraction of sp³-hybridized carbons (Fsp3) is 0.182. The van der Waals surface area contributed by atoms with Crippen LogP contribution in [0.1, 0.15) is 5.56 Å². The Morgan fingerprint density at radius 1 is 1.31 bits per heavy atom. The van der Waals surface area contributed by atoms with Crippen LogP contribution in [0.4, 0.5) is 11.6 Å². The largest absolute Gasteiger partial charge is 0.491 e. The minimum Gasteiger partial charge on any atom is -0.491 e. The number of H-pyrrole nitrogens is 1. The number of hydrogen-bond donors (Lipinski definition) is 3. The number of benzene rings is 2. The van der Waals surface area contributed by atoms with Crippen molar-refractivity contribution in [1.82, 2.24) is 19.1 Å². The van der Waals surface area contributed by atoms with Gasteiger partial charge in [0.2, 0.25) is 5.95 Å². The zero-order valence-corrected chi connectivity index (χ0v) is 19.5. The number of halogens is 1. The maximum atomic E-state index is 12.6. The van der Waals surface area contributed by atoms with Gasteiger partial charge in [-0.15, -0.1) is 0 Å². The van der Waals surface area contributed by atoms with Crippen LogP contribution < -0.4 is 21.4 Å². The second kappa shape index (κ2) is 10.4. The van der Waals surface area contributed by atoms with Gasteiger partial charge < -0.3 is 14.4 Å². The molecular weight excluding hydrogens is 494 g/mol. The number of nitrogens with one attached hydrogen (secondary N) is 2. The molecule has 0 amide bonds. The van der Waals surface area contributed by atoms with E-state index in [1.165, 1.54) is 36.0 Å². The fourth-order valence-electron chi connectivity index (χ4n) is 3.37. The van der Waals surface area contributed by atoms with Crippen LogP contribution in [-0.4, -0.2) is 48.1 Å². The Hall–Kier alpha value is -4.49. The Morgan fingerprint density at radius 3 is 2.78 bits per heavy atom. The molecule has 13 nitrogen and oxygen atoms in total. The highest BCUT2D eigenvalue weighted by Gasteiger charge is 2.20. The number of aromatic amines is 1. The highest BCUT2D eigenvalue weighted by atomic mass is 35.5. The van der Waals surface area contributed by atoms with E-state index in [9.17, 15) is 24.8 Å². The number of nitro benzene ring substituents is 1. The molecule has 4 aromatic rings. The van der Waals surface area contributed by atoms with Gasteiger partial charge in [-0.1, -0.05) is 23.7 Å². The van der Waals surface area contributed by atoms with Gasteiger partial charge in [0.15, 0.2) is 11.2 Å². The number of nitrogens with zero attached hydrogens (tertiary/aromatic N) is 5. The van der Waals surface area contributed by atoms with Gasteiger partial charge in [0.1, 0.15) is 18.5 Å². The van der Waals surface area contributed by atoms with Crippen molar-refractivity contribution in [2.75, 3.05) is 12.0 Å². The summed E-state index contributed by atoms with van der Waals surface area (Å²) in [6.45, 7) is -0.235. The molecule has 0 saturated heterocycles. The molecule has 36 heavy (non-hydrogen) atoms. The van der Waals surface area contributed by atoms with Crippen LogP contribution in [0.3, 0.4) is 0 Å². The van der Waals surface area contributed by atoms with E-state index in [1.807, 2.05) is 0 Å². The Balaban J connectivity index is 1.61. The molecule has 0 fully saturated rings. The summed E-state index contributed by atoms with van der Waals surface area (Å²) >= 11 is 5.86. The fourth-order valence-corrected chi connectivity index (χ4v) is 3.49. The zero-order valence-electron chi connectivity index (χ0n) is 18.8. The molecule has 2 heterocycles. The van der Waals surface area contributed by atoms with Gasteiger partial charge in [0, 0.05) is 29.8 Å². The third-order valence-electron chi connectivity index (χ3n) is 5.12. The number of fused-ring (bicyclic) bond motifs is 1. The lowest BCUT2D eigenvalue weighted by Crippen LogP contribution is -2.30. The van der Waals surface area contributed by atoms with Crippen molar-refractivity contribution in [3.63, 3.8) is 0 Å². The first-order valence-corrected chi connectivity index (χ1v) is 10.9. The number of aromatic nitrogens is 4. The first-order valence-electron chi connectivity index (χ1n) is 10.5. The number of aliphatic hydroxyl groups excluding tert-OH is 1. The lowest BCUT2D eigenvalue weighted by atomic mass is 10.2. The topological polar surface area (TPSA) is 170 Å². The number of aliphatic hydroxyl groups is 1. The van der Waals surface area contributed by atoms with Crippen molar-refractivity contribution in [3.8, 4) is 5.75 Å². The predicted molar refractivity (Wildman–Crippen MR) is 133 cm³/mol. The molecule has 0 unspecified atom stereocenters. The smallest absolute Gasteiger partial charge is 0.329 e. The van der Waals surface area contributed by atoms with Crippen molar-refractivity contribution in [2.45, 2.75) is 12.6 Å². The molecule has 1 atom stereocenters. The van der Waals surface area contributed by atoms with E-state index in [2.05, 4.69) is 20.5 Å². The van der Waals surface area contributed by atoms with Gasteiger partial charge in [-0.3, -0.25) is 24.5 Å². The Kier molecular flexibility index (Phi) is 7.12. The van der Waals surface area contributed by atoms with Gasteiger partial charge in [-0.2, -0.15) is 10.1 Å². The van der Waals surface area contributed by atoms with E-state index in [4.69, 9.17) is 16.3 Å². The van der Waals surface area contributed by atoms with Gasteiger partial charge in [-0.05, 0) is 24.3 Å². The van der Waals surface area contributed by atoms with Crippen LogP contribution in [0.2, 0.25) is 5.02 Å². The number of anilines is 1. The van der Waals surface area contributed by atoms with Gasteiger partial charge in [-0.25, -0.2) is 10.2 Å². The number of ether oxygens (including phenoxy) is 1. The van der Waals surface area contributed by atoms with Crippen molar-refractivity contribution in [3.05, 3.63) is 90.1 Å². The summed E-state index contributed by atoms with van der Waals surface area (Å²) in [6, 6.07) is 12.4. The lowest BCUT2D eigenvalue weighted by molar-refractivity contribution is -0.384. The second-order valence-corrected chi connectivity index (χ2v) is 8.11. The maximum Gasteiger partial charge on any atom is 0.329 e. The summed E-state index contributed by atoms with van der Waals surface area (Å²) in [5, 5.41) is 26.2. The van der Waals surface area contributed by atoms with Crippen LogP contribution in [0, 0.1) is 10.1 Å². The summed E-state index contributed by atoms with van der Waals surface area (Å²) in [6.07, 6.45) is 0.260. The van der Waals surface area contributed by atoms with Gasteiger partial charge in [0.05, 0.1) is 17.7 Å². The average Bonchev–Trinajstić information content (AvgIpc) is 3.21. The minimum atomic E-state index is -1.07. The monoisotopic (exact) mass is 513 g/mol. The minimum absolute atomic E-state index is 0.0377. The molecular formula is C22H20ClN7O6. The standard InChI is InChI=1S/C22H20ClN7O6/c1-28-19-18(20(32)26-22(28)33)29(11-16(31)12-36-17-7-5-14(23)6-8-17)21(25-19)27-24-10-13-3-2-4-15(9-13)30(34)35/h2-10,16,31H,11-12H2,1H3,(H,25,27)(H,26,32,33)/b24-10+/t16-/m1/s1. The lowest BCUT2D eigenvalue weighted by Gasteiger charge is -2.15. The quantitative estimate of drug-likeness (QED) is 0.173. The number of hydrogen-bond acceptors (Lipinski definition) is 9. The Morgan fingerprint density at radius 2 is 2.06 bits per heavy atom. The molecule has 3 N–H and O–H groups in total. The molecule has 0 aliphatic carbocycles. The molecule has 2 aromatic carbocycles. The van der Waals surface area contributed by atoms with E-state index < -0.39 is 22.3 Å². The molecule has 0 bridgehead atoms. The number of rotatable bonds is 9. The number of imidazole rings is 1. The highest BCUT2D eigenvalue weighted by molar-refractivity contribution is 6.30. The third kappa shape index (κ3) is 5.42. The Bertz CT molecular complexity index is 1560. The Labute approximate surface area is 207 Å². The molecule has 0 spiro atoms. The summed E-state index contributed by atoms with van der Waals surface area (Å²) in [4.78, 5) is 41.6. The molecule has 14 heteroatoms. The molecule has 0 aliphatic rings. The SMILES string of the molecule is Cn1c(=O)[nH]c(=O)c2c1nc(N/N=C/c1cccc([N+](=O)[O-])c1)n2C[C@@H](O)COc1ccc(Cl)cc1. The van der Waals surface area contributed by atoms with E-state index in [0.717, 1.165) is 4.57 Å². The normalized spacial score (nSPS) is 12.2. The summed E-state index contributed by atoms with van der Waals surface area (Å²) in [7, 11) is 1.44. The van der Waals surface area contributed by atoms with E-state index in [-0.39, 0.29) is 36.0 Å². The van der Waals surface area contributed by atoms with Gasteiger partial charge >= 0.3 is 5.69 Å². The number of non-ortho nitro benzene ring substituents is 1. The second-order valence-electron chi connectivity index (χ2n) is 7.68. The van der Waals surface area contributed by atoms with Crippen LogP contribution in [-0.2, 0) is 13.6 Å². The molecule has 2 aromatic heterocycles. The summed E-state index contributed by atoms with van der Waals surface area (Å²) in [5.74, 6) is 0.554. The summed E-state index contributed by atoms with van der Waals surface area (Å²) in [5.41, 5.74) is 1.78. The highest BCUT2D eigenvalue weighted by Crippen LogP contribution is 2.18. The van der Waals surface area contributed by atoms with Crippen LogP contribution in [0.25, 0.3) is 11.2 Å². The van der Waals surface area contributed by atoms with Crippen molar-refractivity contribution < 1.29 is 14.8 Å². The molecule has 0 saturated carbocycles. The van der Waals surface area contributed by atoms with Crippen molar-refractivity contribution in [1.29, 1.82) is 0 Å². The van der Waals surface area contributed by atoms with E-state index >= 15 is 0 Å². The van der Waals surface area contributed by atoms with Crippen molar-refractivity contribution in [2.24, 2.45) is 12.1 Å². The molecule has 0 aliphatic heterocycles.